The van der Waals surface area contributed by atoms with Gasteiger partial charge in [0.1, 0.15) is 48.1 Å². The molecular weight excluding hydrogens is 716 g/mol. The number of carboxylic acid groups (broad SMARTS) is 1. The molecular formula is C37H46O17. The van der Waals surface area contributed by atoms with Crippen molar-refractivity contribution >= 4 is 41.6 Å². The van der Waals surface area contributed by atoms with Crippen LogP contribution >= 0.6 is 0 Å². The average Bonchev–Trinajstić information content (AvgIpc) is 3.95. The fourth-order valence-corrected chi connectivity index (χ4v) is 13.5. The van der Waals surface area contributed by atoms with Gasteiger partial charge in [-0.15, -0.1) is 0 Å². The summed E-state index contributed by atoms with van der Waals surface area (Å²) in [6.07, 6.45) is -9.95. The fourth-order valence-electron chi connectivity index (χ4n) is 13.5. The maximum Gasteiger partial charge on any atom is 0.341 e. The summed E-state index contributed by atoms with van der Waals surface area (Å²) in [7, 11) is 0. The van der Waals surface area contributed by atoms with Crippen LogP contribution in [0.1, 0.15) is 68.7 Å². The summed E-state index contributed by atoms with van der Waals surface area (Å²) in [6.45, 7) is 11.8. The molecule has 3 N–H and O–H groups in total. The van der Waals surface area contributed by atoms with E-state index in [-0.39, 0.29) is 6.42 Å². The number of epoxide rings is 2. The zero-order valence-corrected chi connectivity index (χ0v) is 31.3. The maximum absolute atomic E-state index is 14.7. The summed E-state index contributed by atoms with van der Waals surface area (Å²) in [5.74, 6) is -16.0. The van der Waals surface area contributed by atoms with E-state index in [2.05, 4.69) is 0 Å². The first-order chi connectivity index (χ1) is 24.9. The van der Waals surface area contributed by atoms with Gasteiger partial charge in [-0.1, -0.05) is 13.8 Å². The number of carbonyl (C=O) groups is 7. The molecule has 5 aliphatic carbocycles. The molecule has 0 aromatic rings. The molecule has 3 heterocycles. The highest BCUT2D eigenvalue weighted by Gasteiger charge is 2.97. The second kappa shape index (κ2) is 10.8. The van der Waals surface area contributed by atoms with Crippen LogP contribution in [-0.4, -0.2) is 117 Å². The van der Waals surface area contributed by atoms with E-state index in [1.165, 1.54) is 27.7 Å². The molecule has 3 saturated heterocycles. The largest absolute Gasteiger partial charge is 0.481 e. The number of hydrogen-bond donors (Lipinski definition) is 3. The molecule has 0 radical (unpaired) electrons. The zero-order chi connectivity index (χ0) is 39.8. The molecule has 1 unspecified atom stereocenters. The second-order valence-corrected chi connectivity index (χ2v) is 17.8. The standard InChI is InChI=1S/C37H46O17/c1-11(38)48-24-18-17-19(32(5)15(21(42)22(17)43)10-16-23(52-16)27(32)50-13(3)40)25(49-12(2)39)28(51-14(4)41)33(18,6)26-20(24)35(8)36(9,47)31(46)54-37(35)29(53-37)34(26,7)30(44)45/h15-20,22-29,43,47H,10H2,1-9H3,(H,44,45)/t15-,16+,17+,18-,19?,20-,22-,23+,24-,25+,26+,27+,28+,29+,32+,33+,34+,35+,36-,37-/m1/s1. The van der Waals surface area contributed by atoms with Gasteiger partial charge in [0.2, 0.25) is 0 Å². The van der Waals surface area contributed by atoms with Crippen molar-refractivity contribution in [2.24, 2.45) is 57.2 Å². The number of esters is 5. The lowest BCUT2D eigenvalue weighted by Crippen LogP contribution is -2.75. The number of ether oxygens (including phenoxy) is 7. The molecule has 0 aromatic heterocycles. The van der Waals surface area contributed by atoms with Gasteiger partial charge in [0.05, 0.1) is 11.5 Å². The zero-order valence-electron chi connectivity index (χ0n) is 31.3. The molecule has 296 valence electrons. The van der Waals surface area contributed by atoms with Gasteiger partial charge in [-0.25, -0.2) is 4.79 Å². The molecule has 0 amide bonds. The lowest BCUT2D eigenvalue weighted by molar-refractivity contribution is -0.276. The van der Waals surface area contributed by atoms with Crippen LogP contribution in [0, 0.1) is 57.2 Å². The Morgan fingerprint density at radius 3 is 1.85 bits per heavy atom. The Morgan fingerprint density at radius 1 is 0.759 bits per heavy atom. The van der Waals surface area contributed by atoms with Crippen molar-refractivity contribution in [3.63, 3.8) is 0 Å². The topological polar surface area (TPSA) is 251 Å². The Morgan fingerprint density at radius 2 is 1.30 bits per heavy atom. The van der Waals surface area contributed by atoms with E-state index in [1.54, 1.807) is 13.8 Å². The highest BCUT2D eigenvalue weighted by atomic mass is 16.8. The summed E-state index contributed by atoms with van der Waals surface area (Å²) in [4.78, 5) is 94.5. The quantitative estimate of drug-likeness (QED) is 0.190. The van der Waals surface area contributed by atoms with Crippen LogP contribution in [0.5, 0.6) is 0 Å². The van der Waals surface area contributed by atoms with Crippen molar-refractivity contribution in [2.45, 2.75) is 129 Å². The van der Waals surface area contributed by atoms with E-state index >= 15 is 0 Å². The van der Waals surface area contributed by atoms with E-state index in [0.29, 0.717) is 0 Å². The van der Waals surface area contributed by atoms with E-state index in [4.69, 9.17) is 33.2 Å². The van der Waals surface area contributed by atoms with Gasteiger partial charge in [-0.3, -0.25) is 28.8 Å². The van der Waals surface area contributed by atoms with Gasteiger partial charge in [0.25, 0.3) is 5.79 Å². The Hall–Kier alpha value is -3.67. The van der Waals surface area contributed by atoms with Crippen LogP contribution in [0.4, 0.5) is 0 Å². The summed E-state index contributed by atoms with van der Waals surface area (Å²) in [5.41, 5.74) is -9.54. The van der Waals surface area contributed by atoms with Gasteiger partial charge in [0.15, 0.2) is 11.4 Å². The Bertz CT molecular complexity index is 1810. The molecule has 3 aliphatic heterocycles. The number of ketones is 1. The number of carbonyl (C=O) groups excluding carboxylic acids is 6. The Labute approximate surface area is 309 Å². The van der Waals surface area contributed by atoms with Crippen molar-refractivity contribution < 1.29 is 82.0 Å². The number of aliphatic carboxylic acids is 1. The minimum absolute atomic E-state index is 0.128. The third kappa shape index (κ3) is 4.01. The van der Waals surface area contributed by atoms with Gasteiger partial charge >= 0.3 is 35.8 Å². The summed E-state index contributed by atoms with van der Waals surface area (Å²) >= 11 is 0. The monoisotopic (exact) mass is 762 g/mol. The molecule has 5 saturated carbocycles. The average molecular weight is 763 g/mol. The van der Waals surface area contributed by atoms with Crippen LogP contribution in [0.15, 0.2) is 0 Å². The van der Waals surface area contributed by atoms with Crippen LogP contribution in [0.25, 0.3) is 0 Å². The first-order valence-corrected chi connectivity index (χ1v) is 18.3. The van der Waals surface area contributed by atoms with E-state index in [9.17, 15) is 48.9 Å². The highest BCUT2D eigenvalue weighted by molar-refractivity contribution is 5.89. The third-order valence-corrected chi connectivity index (χ3v) is 15.5. The van der Waals surface area contributed by atoms with E-state index in [1.807, 2.05) is 0 Å². The summed E-state index contributed by atoms with van der Waals surface area (Å²) in [6, 6.07) is 0. The lowest BCUT2D eigenvalue weighted by Gasteiger charge is -2.65. The molecule has 54 heavy (non-hydrogen) atoms. The molecule has 8 rings (SSSR count). The number of hydrogen-bond acceptors (Lipinski definition) is 16. The minimum atomic E-state index is -2.38. The van der Waals surface area contributed by atoms with Crippen LogP contribution in [-0.2, 0) is 66.7 Å². The van der Waals surface area contributed by atoms with Gasteiger partial charge < -0.3 is 48.5 Å². The smallest absolute Gasteiger partial charge is 0.341 e. The Balaban J connectivity index is 1.46. The first kappa shape index (κ1) is 37.3. The van der Waals surface area contributed by atoms with Crippen molar-refractivity contribution in [3.8, 4) is 0 Å². The summed E-state index contributed by atoms with van der Waals surface area (Å²) in [5, 5.41) is 35.7. The molecule has 0 aromatic carbocycles. The molecule has 17 nitrogen and oxygen atoms in total. The molecule has 8 aliphatic rings. The molecule has 1 spiro atoms. The van der Waals surface area contributed by atoms with Crippen molar-refractivity contribution in [1.29, 1.82) is 0 Å². The molecule has 20 atom stereocenters. The lowest BCUT2D eigenvalue weighted by atomic mass is 9.40. The van der Waals surface area contributed by atoms with Gasteiger partial charge in [-0.05, 0) is 33.1 Å². The SMILES string of the molecule is CC(=O)O[C@@H]1[C@H]2[C@H]3C([C@H](OC(C)=O)[C@H](OC(C)=O)[C@]2(C)[C@@H]2[C@@H]1[C@]1(C)[C@@]4(OC(=O)[C@@]1(C)O)O[C@H]4[C@@]2(C)C(=O)O)[C@]1(C)[C@H](C[C@@H]2O[C@@H]2[C@@H]1OC(C)=O)C(=O)[C@@H]3O. The normalized spacial score (nSPS) is 55.5. The fraction of sp³-hybridized carbons (Fsp3) is 0.811. The van der Waals surface area contributed by atoms with Crippen LogP contribution in [0.3, 0.4) is 0 Å². The van der Waals surface area contributed by atoms with Crippen molar-refractivity contribution in [3.05, 3.63) is 0 Å². The van der Waals surface area contributed by atoms with Crippen molar-refractivity contribution in [1.82, 2.24) is 0 Å². The number of aliphatic hydroxyl groups is 2. The number of Topliss-reactive ketones (excluding diaryl/α,β-unsaturated/α-hetero) is 1. The third-order valence-electron chi connectivity index (χ3n) is 15.5. The predicted octanol–water partition coefficient (Wildman–Crippen LogP) is 0.0786. The molecule has 0 bridgehead atoms. The molecule has 8 fully saturated rings. The molecule has 17 heteroatoms. The van der Waals surface area contributed by atoms with Gasteiger partial charge in [-0.2, -0.15) is 0 Å². The van der Waals surface area contributed by atoms with Crippen LogP contribution < -0.4 is 0 Å². The predicted molar refractivity (Wildman–Crippen MR) is 172 cm³/mol. The van der Waals surface area contributed by atoms with E-state index < -0.39 is 159 Å². The van der Waals surface area contributed by atoms with Crippen molar-refractivity contribution in [2.75, 3.05) is 0 Å². The maximum atomic E-state index is 14.7. The van der Waals surface area contributed by atoms with Gasteiger partial charge in [0, 0.05) is 68.1 Å². The minimum Gasteiger partial charge on any atom is -0.481 e. The first-order valence-electron chi connectivity index (χ1n) is 18.3. The number of aliphatic hydroxyl groups excluding tert-OH is 1. The van der Waals surface area contributed by atoms with E-state index in [0.717, 1.165) is 20.8 Å². The Kier molecular flexibility index (Phi) is 7.45. The number of carboxylic acids is 1. The summed E-state index contributed by atoms with van der Waals surface area (Å²) < 4.78 is 42.3. The second-order valence-electron chi connectivity index (χ2n) is 17.8. The highest BCUT2D eigenvalue weighted by Crippen LogP contribution is 2.83. The number of rotatable bonds is 5. The number of fused-ring (bicyclic) bond motifs is 9. The van der Waals surface area contributed by atoms with Crippen LogP contribution in [0.2, 0.25) is 0 Å².